The number of thiophene rings is 1. The van der Waals surface area contributed by atoms with E-state index in [1.165, 1.54) is 17.4 Å². The Morgan fingerprint density at radius 2 is 1.95 bits per heavy atom. The summed E-state index contributed by atoms with van der Waals surface area (Å²) in [5.41, 5.74) is 1.89. The number of hydrogen-bond acceptors (Lipinski definition) is 4. The number of rotatable bonds is 4. The molecule has 0 fully saturated rings. The standard InChI is InChI=1S/C17H15NO3S/c19-14(10-9-11-5-2-1-3-6-11)18-16-15(17(20)21)12-7-4-8-13(12)22-16/h1-3,5-6,9-10H,4,7-8H2,(H,18,19)(H,20,21)/p-1/b10-9+. The van der Waals surface area contributed by atoms with Crippen molar-refractivity contribution < 1.29 is 14.7 Å². The number of fused-ring (bicyclic) bond motifs is 1. The minimum Gasteiger partial charge on any atom is -0.545 e. The summed E-state index contributed by atoms with van der Waals surface area (Å²) in [6.07, 6.45) is 5.67. The van der Waals surface area contributed by atoms with Gasteiger partial charge >= 0.3 is 0 Å². The number of anilines is 1. The molecule has 0 aliphatic heterocycles. The Balaban J connectivity index is 1.77. The van der Waals surface area contributed by atoms with Crippen LogP contribution in [0.15, 0.2) is 36.4 Å². The van der Waals surface area contributed by atoms with Crippen molar-refractivity contribution in [1.82, 2.24) is 0 Å². The van der Waals surface area contributed by atoms with Gasteiger partial charge in [0.15, 0.2) is 0 Å². The van der Waals surface area contributed by atoms with E-state index in [-0.39, 0.29) is 11.5 Å². The quantitative estimate of drug-likeness (QED) is 0.880. The molecule has 1 N–H and O–H groups in total. The first-order valence-corrected chi connectivity index (χ1v) is 7.87. The summed E-state index contributed by atoms with van der Waals surface area (Å²) in [5, 5.41) is 14.4. The zero-order valence-electron chi connectivity index (χ0n) is 11.8. The van der Waals surface area contributed by atoms with Crippen molar-refractivity contribution in [3.05, 3.63) is 58.0 Å². The van der Waals surface area contributed by atoms with Gasteiger partial charge in [0.05, 0.1) is 5.97 Å². The van der Waals surface area contributed by atoms with Crippen LogP contribution in [0.4, 0.5) is 5.00 Å². The Morgan fingerprint density at radius 3 is 2.68 bits per heavy atom. The average molecular weight is 312 g/mol. The highest BCUT2D eigenvalue weighted by Crippen LogP contribution is 2.38. The van der Waals surface area contributed by atoms with E-state index in [1.807, 2.05) is 30.3 Å². The van der Waals surface area contributed by atoms with E-state index in [2.05, 4.69) is 5.32 Å². The van der Waals surface area contributed by atoms with Gasteiger partial charge in [-0.25, -0.2) is 0 Å². The van der Waals surface area contributed by atoms with Crippen LogP contribution in [0.1, 0.15) is 32.8 Å². The topological polar surface area (TPSA) is 69.2 Å². The Bertz CT molecular complexity index is 747. The fourth-order valence-corrected chi connectivity index (χ4v) is 3.88. The Morgan fingerprint density at radius 1 is 1.18 bits per heavy atom. The minimum absolute atomic E-state index is 0.152. The van der Waals surface area contributed by atoms with Crippen LogP contribution in [-0.2, 0) is 17.6 Å². The predicted octanol–water partition coefficient (Wildman–Crippen LogP) is 2.25. The number of nitrogens with one attached hydrogen (secondary N) is 1. The first-order valence-electron chi connectivity index (χ1n) is 7.05. The lowest BCUT2D eigenvalue weighted by molar-refractivity contribution is -0.254. The first kappa shape index (κ1) is 14.5. The van der Waals surface area contributed by atoms with Crippen molar-refractivity contribution in [2.45, 2.75) is 19.3 Å². The number of amides is 1. The van der Waals surface area contributed by atoms with Crippen molar-refractivity contribution in [3.8, 4) is 0 Å². The summed E-state index contributed by atoms with van der Waals surface area (Å²) < 4.78 is 0. The van der Waals surface area contributed by atoms with Crippen molar-refractivity contribution in [2.75, 3.05) is 5.32 Å². The van der Waals surface area contributed by atoms with Crippen LogP contribution < -0.4 is 10.4 Å². The Kier molecular flexibility index (Phi) is 4.06. The van der Waals surface area contributed by atoms with Crippen LogP contribution in [0, 0.1) is 0 Å². The number of carboxylic acid groups (broad SMARTS) is 1. The summed E-state index contributed by atoms with van der Waals surface area (Å²) in [5.74, 6) is -1.56. The second kappa shape index (κ2) is 6.15. The molecule has 0 saturated heterocycles. The summed E-state index contributed by atoms with van der Waals surface area (Å²) in [4.78, 5) is 24.4. The summed E-state index contributed by atoms with van der Waals surface area (Å²) >= 11 is 1.34. The van der Waals surface area contributed by atoms with Crippen molar-refractivity contribution >= 4 is 34.3 Å². The zero-order valence-corrected chi connectivity index (χ0v) is 12.6. The van der Waals surface area contributed by atoms with Gasteiger partial charge < -0.3 is 15.2 Å². The highest BCUT2D eigenvalue weighted by molar-refractivity contribution is 7.17. The minimum atomic E-state index is -1.22. The van der Waals surface area contributed by atoms with Crippen molar-refractivity contribution in [3.63, 3.8) is 0 Å². The lowest BCUT2D eigenvalue weighted by atomic mass is 10.1. The van der Waals surface area contributed by atoms with Crippen LogP contribution >= 0.6 is 11.3 Å². The number of carboxylic acids is 1. The second-order valence-electron chi connectivity index (χ2n) is 5.08. The van der Waals surface area contributed by atoms with Crippen LogP contribution in [-0.4, -0.2) is 11.9 Å². The van der Waals surface area contributed by atoms with E-state index in [1.54, 1.807) is 6.08 Å². The predicted molar refractivity (Wildman–Crippen MR) is 84.8 cm³/mol. The third-order valence-electron chi connectivity index (χ3n) is 3.59. The molecule has 0 spiro atoms. The maximum Gasteiger partial charge on any atom is 0.249 e. The summed E-state index contributed by atoms with van der Waals surface area (Å²) in [6.45, 7) is 0. The summed E-state index contributed by atoms with van der Waals surface area (Å²) in [6, 6.07) is 9.44. The van der Waals surface area contributed by atoms with E-state index < -0.39 is 5.97 Å². The van der Waals surface area contributed by atoms with E-state index in [9.17, 15) is 14.7 Å². The second-order valence-corrected chi connectivity index (χ2v) is 6.19. The number of aromatic carboxylic acids is 1. The van der Waals surface area contributed by atoms with Crippen LogP contribution in [0.25, 0.3) is 6.08 Å². The molecule has 1 aliphatic carbocycles. The number of aryl methyl sites for hydroxylation is 1. The van der Waals surface area contributed by atoms with Gasteiger partial charge in [-0.2, -0.15) is 0 Å². The monoisotopic (exact) mass is 312 g/mol. The van der Waals surface area contributed by atoms with Gasteiger partial charge in [0.1, 0.15) is 5.00 Å². The molecule has 1 aromatic heterocycles. The highest BCUT2D eigenvalue weighted by Gasteiger charge is 2.23. The molecule has 0 unspecified atom stereocenters. The largest absolute Gasteiger partial charge is 0.545 e. The molecular formula is C17H14NO3S-. The van der Waals surface area contributed by atoms with Gasteiger partial charge in [-0.05, 0) is 36.5 Å². The van der Waals surface area contributed by atoms with Crippen molar-refractivity contribution in [1.29, 1.82) is 0 Å². The fourth-order valence-electron chi connectivity index (χ4n) is 2.60. The van der Waals surface area contributed by atoms with Gasteiger partial charge in [0.25, 0.3) is 0 Å². The molecule has 1 aromatic carbocycles. The maximum absolute atomic E-state index is 12.0. The Hall–Kier alpha value is -2.40. The fraction of sp³-hybridized carbons (Fsp3) is 0.176. The maximum atomic E-state index is 12.0. The molecule has 1 amide bonds. The molecule has 1 heterocycles. The zero-order chi connectivity index (χ0) is 15.5. The lowest BCUT2D eigenvalue weighted by Gasteiger charge is -2.07. The molecule has 3 rings (SSSR count). The van der Waals surface area contributed by atoms with Crippen LogP contribution in [0.5, 0.6) is 0 Å². The number of hydrogen-bond donors (Lipinski definition) is 1. The van der Waals surface area contributed by atoms with Gasteiger partial charge in [0, 0.05) is 16.5 Å². The molecule has 4 nitrogen and oxygen atoms in total. The number of carbonyl (C=O) groups excluding carboxylic acids is 2. The molecular weight excluding hydrogens is 298 g/mol. The molecule has 5 heteroatoms. The smallest absolute Gasteiger partial charge is 0.249 e. The molecule has 0 radical (unpaired) electrons. The molecule has 112 valence electrons. The van der Waals surface area contributed by atoms with Gasteiger partial charge in [-0.15, -0.1) is 11.3 Å². The summed E-state index contributed by atoms with van der Waals surface area (Å²) in [7, 11) is 0. The van der Waals surface area contributed by atoms with Gasteiger partial charge in [-0.1, -0.05) is 30.3 Å². The van der Waals surface area contributed by atoms with Crippen molar-refractivity contribution in [2.24, 2.45) is 0 Å². The van der Waals surface area contributed by atoms with E-state index in [4.69, 9.17) is 0 Å². The average Bonchev–Trinajstić information content (AvgIpc) is 3.06. The third-order valence-corrected chi connectivity index (χ3v) is 4.80. The van der Waals surface area contributed by atoms with Gasteiger partial charge in [0.2, 0.25) is 5.91 Å². The lowest BCUT2D eigenvalue weighted by Crippen LogP contribution is -2.24. The first-order chi connectivity index (χ1) is 10.6. The SMILES string of the molecule is O=C(/C=C/c1ccccc1)Nc1sc2c(c1C(=O)[O-])CCC2. The van der Waals surface area contributed by atoms with E-state index >= 15 is 0 Å². The molecule has 22 heavy (non-hydrogen) atoms. The van der Waals surface area contributed by atoms with E-state index in [0.29, 0.717) is 5.00 Å². The molecule has 1 aliphatic rings. The van der Waals surface area contributed by atoms with E-state index in [0.717, 1.165) is 35.3 Å². The molecule has 2 aromatic rings. The number of carbonyl (C=O) groups is 2. The van der Waals surface area contributed by atoms with Crippen LogP contribution in [0.2, 0.25) is 0 Å². The normalized spacial score (nSPS) is 13.3. The highest BCUT2D eigenvalue weighted by atomic mass is 32.1. The number of benzene rings is 1. The van der Waals surface area contributed by atoms with Gasteiger partial charge in [-0.3, -0.25) is 4.79 Å². The Labute approximate surface area is 132 Å². The van der Waals surface area contributed by atoms with Crippen LogP contribution in [0.3, 0.4) is 0 Å². The molecule has 0 bridgehead atoms. The molecule has 0 atom stereocenters. The molecule has 0 saturated carbocycles. The third kappa shape index (κ3) is 2.94.